The molecule has 0 unspecified atom stereocenters. The Morgan fingerprint density at radius 3 is 2.56 bits per heavy atom. The molecule has 3 heterocycles. The summed E-state index contributed by atoms with van der Waals surface area (Å²) in [6.07, 6.45) is 10.4. The first-order valence-electron chi connectivity index (χ1n) is 13.9. The molecule has 3 amide bonds. The fourth-order valence-electron chi connectivity index (χ4n) is 6.97. The molecule has 0 radical (unpaired) electrons. The summed E-state index contributed by atoms with van der Waals surface area (Å²) in [4.78, 5) is 44.8. The number of anilines is 1. The lowest BCUT2D eigenvalue weighted by Crippen LogP contribution is -2.56. The number of hydrogen-bond donors (Lipinski definition) is 2. The molecular formula is C31H35N3O4S. The third-order valence-electron chi connectivity index (χ3n) is 8.85. The summed E-state index contributed by atoms with van der Waals surface area (Å²) in [5.41, 5.74) is 0.442. The van der Waals surface area contributed by atoms with E-state index in [0.717, 1.165) is 36.1 Å². The Bertz CT molecular complexity index is 1290. The molecule has 3 aliphatic heterocycles. The lowest BCUT2D eigenvalue weighted by atomic mass is 9.74. The second-order valence-corrected chi connectivity index (χ2v) is 12.0. The minimum absolute atomic E-state index is 0.0936. The monoisotopic (exact) mass is 545 g/mol. The van der Waals surface area contributed by atoms with Crippen LogP contribution < -0.4 is 10.6 Å². The number of hydrogen-bond acceptors (Lipinski definition) is 5. The average molecular weight is 546 g/mol. The van der Waals surface area contributed by atoms with E-state index in [1.807, 2.05) is 79.9 Å². The molecular weight excluding hydrogens is 510 g/mol. The normalized spacial score (nSPS) is 30.3. The Morgan fingerprint density at radius 2 is 1.82 bits per heavy atom. The summed E-state index contributed by atoms with van der Waals surface area (Å²) < 4.78 is 6.51. The second-order valence-electron chi connectivity index (χ2n) is 11.1. The van der Waals surface area contributed by atoms with Crippen LogP contribution >= 0.6 is 11.8 Å². The van der Waals surface area contributed by atoms with Crippen LogP contribution in [0.3, 0.4) is 0 Å². The van der Waals surface area contributed by atoms with Crippen LogP contribution in [0.5, 0.6) is 0 Å². The smallest absolute Gasteiger partial charge is 0.246 e. The van der Waals surface area contributed by atoms with Crippen molar-refractivity contribution < 1.29 is 19.1 Å². The van der Waals surface area contributed by atoms with E-state index in [1.54, 1.807) is 16.7 Å². The van der Waals surface area contributed by atoms with Gasteiger partial charge in [-0.25, -0.2) is 0 Å². The number of fused-ring (bicyclic) bond motifs is 1. The number of ether oxygens (including phenoxy) is 1. The van der Waals surface area contributed by atoms with Gasteiger partial charge in [0.25, 0.3) is 0 Å². The SMILES string of the molecule is CSc1cccc(NC(=O)[C@H]2[C@H]3C=C[C@@]4(O3)[C@H]2C(=O)N([C@@H](C)c2ccccc2)[C@@H]4C(=O)NC2CCCCC2)c1. The van der Waals surface area contributed by atoms with Crippen LogP contribution in [0.4, 0.5) is 5.69 Å². The minimum atomic E-state index is -1.17. The molecule has 2 aromatic carbocycles. The maximum atomic E-state index is 14.3. The highest BCUT2D eigenvalue weighted by Gasteiger charge is 2.73. The maximum Gasteiger partial charge on any atom is 0.246 e. The van der Waals surface area contributed by atoms with Gasteiger partial charge in [-0.3, -0.25) is 14.4 Å². The van der Waals surface area contributed by atoms with Gasteiger partial charge < -0.3 is 20.3 Å². The largest absolute Gasteiger partial charge is 0.359 e. The highest BCUT2D eigenvalue weighted by molar-refractivity contribution is 7.98. The molecule has 4 aliphatic rings. The second kappa shape index (κ2) is 10.5. The highest BCUT2D eigenvalue weighted by Crippen LogP contribution is 2.56. The quantitative estimate of drug-likeness (QED) is 0.389. The molecule has 7 nitrogen and oxygen atoms in total. The van der Waals surface area contributed by atoms with Gasteiger partial charge in [0.2, 0.25) is 17.7 Å². The molecule has 2 saturated heterocycles. The van der Waals surface area contributed by atoms with Crippen LogP contribution in [0.1, 0.15) is 50.6 Å². The van der Waals surface area contributed by atoms with Crippen LogP contribution in [-0.4, -0.2) is 52.7 Å². The Kier molecular flexibility index (Phi) is 7.02. The lowest BCUT2D eigenvalue weighted by molar-refractivity contribution is -0.143. The van der Waals surface area contributed by atoms with Gasteiger partial charge in [0.15, 0.2) is 0 Å². The molecule has 3 fully saturated rings. The number of nitrogens with zero attached hydrogens (tertiary/aromatic N) is 1. The number of benzene rings is 2. The van der Waals surface area contributed by atoms with E-state index in [9.17, 15) is 14.4 Å². The number of nitrogens with one attached hydrogen (secondary N) is 2. The van der Waals surface area contributed by atoms with Gasteiger partial charge in [-0.2, -0.15) is 0 Å². The summed E-state index contributed by atoms with van der Waals surface area (Å²) in [7, 11) is 0. The number of thioether (sulfide) groups is 1. The lowest BCUT2D eigenvalue weighted by Gasteiger charge is -2.37. The molecule has 6 rings (SSSR count). The number of amides is 3. The first kappa shape index (κ1) is 26.1. The van der Waals surface area contributed by atoms with Crippen LogP contribution in [-0.2, 0) is 19.1 Å². The third kappa shape index (κ3) is 4.47. The summed E-state index contributed by atoms with van der Waals surface area (Å²) in [6, 6.07) is 16.3. The van der Waals surface area contributed by atoms with E-state index in [2.05, 4.69) is 10.6 Å². The van der Waals surface area contributed by atoms with Crippen molar-refractivity contribution in [3.8, 4) is 0 Å². The maximum absolute atomic E-state index is 14.3. The number of carbonyl (C=O) groups excluding carboxylic acids is 3. The van der Waals surface area contributed by atoms with Crippen molar-refractivity contribution in [2.24, 2.45) is 11.8 Å². The van der Waals surface area contributed by atoms with Crippen LogP contribution in [0.15, 0.2) is 71.6 Å². The fraction of sp³-hybridized carbons (Fsp3) is 0.452. The fourth-order valence-corrected chi connectivity index (χ4v) is 7.43. The summed E-state index contributed by atoms with van der Waals surface area (Å²) in [6.45, 7) is 1.95. The highest BCUT2D eigenvalue weighted by atomic mass is 32.2. The van der Waals surface area contributed by atoms with Crippen molar-refractivity contribution >= 4 is 35.2 Å². The van der Waals surface area contributed by atoms with Crippen molar-refractivity contribution in [3.63, 3.8) is 0 Å². The third-order valence-corrected chi connectivity index (χ3v) is 9.58. The van der Waals surface area contributed by atoms with Crippen molar-refractivity contribution in [1.82, 2.24) is 10.2 Å². The molecule has 8 heteroatoms. The van der Waals surface area contributed by atoms with Crippen LogP contribution in [0.2, 0.25) is 0 Å². The summed E-state index contributed by atoms with van der Waals surface area (Å²) in [5, 5.41) is 6.28. The Morgan fingerprint density at radius 1 is 1.05 bits per heavy atom. The number of rotatable bonds is 7. The first-order chi connectivity index (χ1) is 18.9. The van der Waals surface area contributed by atoms with Gasteiger partial charge in [0, 0.05) is 16.6 Å². The van der Waals surface area contributed by atoms with E-state index in [1.165, 1.54) is 6.42 Å². The first-order valence-corrected chi connectivity index (χ1v) is 15.1. The zero-order valence-corrected chi connectivity index (χ0v) is 23.2. The van der Waals surface area contributed by atoms with Gasteiger partial charge in [0.1, 0.15) is 11.6 Å². The van der Waals surface area contributed by atoms with E-state index >= 15 is 0 Å². The van der Waals surface area contributed by atoms with Gasteiger partial charge in [0.05, 0.1) is 24.0 Å². The molecule has 6 atom stereocenters. The Balaban J connectivity index is 1.34. The van der Waals surface area contributed by atoms with Crippen LogP contribution in [0, 0.1) is 11.8 Å². The molecule has 39 heavy (non-hydrogen) atoms. The van der Waals surface area contributed by atoms with Gasteiger partial charge in [-0.1, -0.05) is 67.8 Å². The van der Waals surface area contributed by atoms with Crippen molar-refractivity contribution in [2.45, 2.75) is 73.8 Å². The zero-order valence-electron chi connectivity index (χ0n) is 22.3. The predicted octanol–water partition coefficient (Wildman–Crippen LogP) is 4.71. The molecule has 2 bridgehead atoms. The van der Waals surface area contributed by atoms with E-state index in [-0.39, 0.29) is 29.8 Å². The Labute approximate surface area is 233 Å². The van der Waals surface area contributed by atoms with E-state index < -0.39 is 29.6 Å². The molecule has 2 aromatic rings. The van der Waals surface area contributed by atoms with E-state index in [0.29, 0.717) is 5.69 Å². The molecule has 1 saturated carbocycles. The molecule has 2 N–H and O–H groups in total. The number of likely N-dealkylation sites (tertiary alicyclic amines) is 1. The summed E-state index contributed by atoms with van der Waals surface area (Å²) >= 11 is 1.60. The topological polar surface area (TPSA) is 87.7 Å². The molecule has 1 aliphatic carbocycles. The van der Waals surface area contributed by atoms with Gasteiger partial charge in [-0.15, -0.1) is 11.8 Å². The minimum Gasteiger partial charge on any atom is -0.359 e. The molecule has 204 valence electrons. The Hall–Kier alpha value is -3.10. The zero-order chi connectivity index (χ0) is 27.1. The van der Waals surface area contributed by atoms with Crippen molar-refractivity contribution in [1.29, 1.82) is 0 Å². The summed E-state index contributed by atoms with van der Waals surface area (Å²) in [5.74, 6) is -2.16. The number of carbonyl (C=O) groups is 3. The van der Waals surface area contributed by atoms with Gasteiger partial charge >= 0.3 is 0 Å². The van der Waals surface area contributed by atoms with Crippen molar-refractivity contribution in [2.75, 3.05) is 11.6 Å². The predicted molar refractivity (Wildman–Crippen MR) is 151 cm³/mol. The average Bonchev–Trinajstić information content (AvgIpc) is 3.61. The van der Waals surface area contributed by atoms with Crippen LogP contribution in [0.25, 0.3) is 0 Å². The van der Waals surface area contributed by atoms with Gasteiger partial charge in [-0.05, 0) is 49.8 Å². The van der Waals surface area contributed by atoms with Crippen molar-refractivity contribution in [3.05, 3.63) is 72.3 Å². The standard InChI is InChI=1S/C31H35N3O4S/c1-19(20-10-5-3-6-11-20)34-27(29(36)32-21-12-7-4-8-13-21)31-17-16-24(38-31)25(26(31)30(34)37)28(35)33-22-14-9-15-23(18-22)39-2/h3,5-6,9-11,14-19,21,24-27H,4,7-8,12-13H2,1-2H3,(H,32,36)(H,33,35)/t19-,24+,25-,26+,27+,31+/m0/s1. The molecule has 1 spiro atoms. The molecule has 0 aromatic heterocycles. The van der Waals surface area contributed by atoms with E-state index in [4.69, 9.17) is 4.74 Å².